The molecule has 1 atom stereocenters. The van der Waals surface area contributed by atoms with Crippen molar-refractivity contribution in [3.63, 3.8) is 0 Å². The molecule has 2 rings (SSSR count). The third kappa shape index (κ3) is 3.94. The van der Waals surface area contributed by atoms with Gasteiger partial charge in [-0.05, 0) is 18.6 Å². The number of primary amides is 1. The van der Waals surface area contributed by atoms with Crippen molar-refractivity contribution in [1.29, 1.82) is 0 Å². The van der Waals surface area contributed by atoms with Gasteiger partial charge in [-0.3, -0.25) is 9.59 Å². The largest absolute Gasteiger partial charge is 0.368 e. The molecule has 0 aromatic carbocycles. The van der Waals surface area contributed by atoms with Crippen LogP contribution >= 0.6 is 11.6 Å². The number of rotatable bonds is 5. The molecule has 1 aromatic rings. The Morgan fingerprint density at radius 1 is 1.48 bits per heavy atom. The van der Waals surface area contributed by atoms with Crippen molar-refractivity contribution in [2.75, 3.05) is 0 Å². The molecule has 5 nitrogen and oxygen atoms in total. The average molecular weight is 312 g/mol. The van der Waals surface area contributed by atoms with Crippen LogP contribution in [0, 0.1) is 0 Å². The number of pyridine rings is 1. The van der Waals surface area contributed by atoms with E-state index in [9.17, 15) is 9.59 Å². The minimum Gasteiger partial charge on any atom is -0.368 e. The summed E-state index contributed by atoms with van der Waals surface area (Å²) in [6, 6.07) is 2.65. The van der Waals surface area contributed by atoms with Gasteiger partial charge in [0.2, 0.25) is 5.91 Å². The Labute approximate surface area is 130 Å². The number of unbranched alkanes of at least 4 members (excludes halogenated alkanes) is 1. The van der Waals surface area contributed by atoms with Gasteiger partial charge in [0, 0.05) is 0 Å². The van der Waals surface area contributed by atoms with E-state index in [1.54, 1.807) is 12.1 Å². The van der Waals surface area contributed by atoms with Gasteiger partial charge >= 0.3 is 0 Å². The molecule has 0 bridgehead atoms. The molecule has 1 aliphatic rings. The quantitative estimate of drug-likeness (QED) is 0.849. The molecular weight excluding hydrogens is 290 g/mol. The smallest absolute Gasteiger partial charge is 0.256 e. The van der Waals surface area contributed by atoms with E-state index in [1.165, 1.54) is 4.90 Å². The van der Waals surface area contributed by atoms with E-state index in [2.05, 4.69) is 4.98 Å². The highest BCUT2D eigenvalue weighted by atomic mass is 35.5. The fourth-order valence-electron chi connectivity index (χ4n) is 2.28. The van der Waals surface area contributed by atoms with Crippen molar-refractivity contribution in [1.82, 2.24) is 9.88 Å². The first kappa shape index (κ1) is 17.4. The normalized spacial score (nSPS) is 14.3. The number of hydrogen-bond acceptors (Lipinski definition) is 3. The van der Waals surface area contributed by atoms with Crippen molar-refractivity contribution in [3.8, 4) is 0 Å². The summed E-state index contributed by atoms with van der Waals surface area (Å²) in [7, 11) is 0. The van der Waals surface area contributed by atoms with Crippen LogP contribution in [0.4, 0.5) is 0 Å². The second kappa shape index (κ2) is 7.98. The Bertz CT molecular complexity index is 520. The molecule has 0 radical (unpaired) electrons. The average Bonchev–Trinajstić information content (AvgIpc) is 2.78. The lowest BCUT2D eigenvalue weighted by molar-refractivity contribution is -0.122. The van der Waals surface area contributed by atoms with E-state index in [0.29, 0.717) is 29.4 Å². The number of aromatic nitrogens is 1. The standard InChI is InChI=1S/C13H16ClN3O2.C2H6/c1-2-3-4-10(12(15)18)17-7-9-8(13(17)19)5-6-11(14)16-9;1-2/h5-6,10H,2-4,7H2,1H3,(H2,15,18);1-2H3. The van der Waals surface area contributed by atoms with Gasteiger partial charge in [-0.2, -0.15) is 0 Å². The van der Waals surface area contributed by atoms with Gasteiger partial charge in [-0.15, -0.1) is 0 Å². The minimum atomic E-state index is -0.569. The summed E-state index contributed by atoms with van der Waals surface area (Å²) >= 11 is 5.81. The van der Waals surface area contributed by atoms with Crippen LogP contribution in [0.25, 0.3) is 0 Å². The highest BCUT2D eigenvalue weighted by Gasteiger charge is 2.35. The molecule has 116 valence electrons. The highest BCUT2D eigenvalue weighted by molar-refractivity contribution is 6.29. The summed E-state index contributed by atoms with van der Waals surface area (Å²) in [6.45, 7) is 6.33. The summed E-state index contributed by atoms with van der Waals surface area (Å²) in [4.78, 5) is 29.4. The topological polar surface area (TPSA) is 76.3 Å². The maximum Gasteiger partial charge on any atom is 0.256 e. The predicted octanol–water partition coefficient (Wildman–Crippen LogP) is 2.76. The molecule has 0 saturated carbocycles. The van der Waals surface area contributed by atoms with Gasteiger partial charge in [-0.25, -0.2) is 4.98 Å². The maximum absolute atomic E-state index is 12.3. The molecule has 0 spiro atoms. The summed E-state index contributed by atoms with van der Waals surface area (Å²) in [5.41, 5.74) is 6.52. The molecule has 1 aromatic heterocycles. The van der Waals surface area contributed by atoms with Crippen LogP contribution in [0.1, 0.15) is 56.1 Å². The summed E-state index contributed by atoms with van der Waals surface area (Å²) in [5, 5.41) is 0.345. The predicted molar refractivity (Wildman–Crippen MR) is 83.0 cm³/mol. The summed E-state index contributed by atoms with van der Waals surface area (Å²) in [5.74, 6) is -0.667. The van der Waals surface area contributed by atoms with Gasteiger partial charge in [-0.1, -0.05) is 45.2 Å². The lowest BCUT2D eigenvalue weighted by Crippen LogP contribution is -2.44. The van der Waals surface area contributed by atoms with Gasteiger partial charge in [0.25, 0.3) is 5.91 Å². The van der Waals surface area contributed by atoms with Gasteiger partial charge < -0.3 is 10.6 Å². The van der Waals surface area contributed by atoms with Crippen molar-refractivity contribution in [2.45, 2.75) is 52.6 Å². The van der Waals surface area contributed by atoms with E-state index in [-0.39, 0.29) is 5.91 Å². The zero-order valence-electron chi connectivity index (χ0n) is 12.7. The number of fused-ring (bicyclic) bond motifs is 1. The molecule has 2 N–H and O–H groups in total. The van der Waals surface area contributed by atoms with E-state index >= 15 is 0 Å². The summed E-state index contributed by atoms with van der Waals surface area (Å²) in [6.07, 6.45) is 2.38. The monoisotopic (exact) mass is 311 g/mol. The third-order valence-electron chi connectivity index (χ3n) is 3.29. The first-order chi connectivity index (χ1) is 10.0. The summed E-state index contributed by atoms with van der Waals surface area (Å²) < 4.78 is 0. The van der Waals surface area contributed by atoms with Gasteiger partial charge in [0.05, 0.1) is 17.8 Å². The molecule has 1 unspecified atom stereocenters. The second-order valence-corrected chi connectivity index (χ2v) is 5.01. The number of nitrogens with two attached hydrogens (primary N) is 1. The number of nitrogens with zero attached hydrogens (tertiary/aromatic N) is 2. The van der Waals surface area contributed by atoms with Crippen LogP contribution in [0.5, 0.6) is 0 Å². The molecule has 0 fully saturated rings. The Morgan fingerprint density at radius 2 is 2.14 bits per heavy atom. The van der Waals surface area contributed by atoms with Crippen molar-refractivity contribution >= 4 is 23.4 Å². The molecule has 2 amide bonds. The first-order valence-corrected chi connectivity index (χ1v) is 7.68. The van der Waals surface area contributed by atoms with Crippen LogP contribution in [0.15, 0.2) is 12.1 Å². The lowest BCUT2D eigenvalue weighted by atomic mass is 10.1. The number of carbonyl (C=O) groups excluding carboxylic acids is 2. The van der Waals surface area contributed by atoms with E-state index in [4.69, 9.17) is 17.3 Å². The zero-order chi connectivity index (χ0) is 16.0. The number of hydrogen-bond donors (Lipinski definition) is 1. The fraction of sp³-hybridized carbons (Fsp3) is 0.533. The number of amides is 2. The molecule has 0 aliphatic carbocycles. The Balaban J connectivity index is 0.00000106. The first-order valence-electron chi connectivity index (χ1n) is 7.30. The van der Waals surface area contributed by atoms with Crippen LogP contribution in [-0.4, -0.2) is 27.7 Å². The Morgan fingerprint density at radius 3 is 2.71 bits per heavy atom. The van der Waals surface area contributed by atoms with Crippen molar-refractivity contribution in [2.24, 2.45) is 5.73 Å². The molecular formula is C15H22ClN3O2. The van der Waals surface area contributed by atoms with Crippen LogP contribution in [0.2, 0.25) is 5.15 Å². The Kier molecular flexibility index (Phi) is 6.62. The van der Waals surface area contributed by atoms with Crippen molar-refractivity contribution in [3.05, 3.63) is 28.5 Å². The zero-order valence-corrected chi connectivity index (χ0v) is 13.5. The van der Waals surface area contributed by atoms with E-state index in [1.807, 2.05) is 20.8 Å². The molecule has 6 heteroatoms. The molecule has 0 saturated heterocycles. The Hall–Kier alpha value is -1.62. The molecule has 2 heterocycles. The third-order valence-corrected chi connectivity index (χ3v) is 3.50. The minimum absolute atomic E-state index is 0.195. The van der Waals surface area contributed by atoms with E-state index < -0.39 is 11.9 Å². The van der Waals surface area contributed by atoms with E-state index in [0.717, 1.165) is 12.8 Å². The van der Waals surface area contributed by atoms with Crippen LogP contribution < -0.4 is 5.73 Å². The second-order valence-electron chi connectivity index (χ2n) is 4.62. The SMILES string of the molecule is CC.CCCCC(C(N)=O)N1Cc2nc(Cl)ccc2C1=O. The fourth-order valence-corrected chi connectivity index (χ4v) is 2.44. The van der Waals surface area contributed by atoms with Gasteiger partial charge in [0.1, 0.15) is 11.2 Å². The van der Waals surface area contributed by atoms with Crippen LogP contribution in [0.3, 0.4) is 0 Å². The lowest BCUT2D eigenvalue weighted by Gasteiger charge is -2.24. The van der Waals surface area contributed by atoms with Crippen LogP contribution in [-0.2, 0) is 11.3 Å². The van der Waals surface area contributed by atoms with Crippen molar-refractivity contribution < 1.29 is 9.59 Å². The highest BCUT2D eigenvalue weighted by Crippen LogP contribution is 2.26. The molecule has 21 heavy (non-hydrogen) atoms. The van der Waals surface area contributed by atoms with Gasteiger partial charge in [0.15, 0.2) is 0 Å². The number of halogens is 1. The molecule has 1 aliphatic heterocycles. The number of carbonyl (C=O) groups is 2. The maximum atomic E-state index is 12.3.